The quantitative estimate of drug-likeness (QED) is 0.677. The lowest BCUT2D eigenvalue weighted by Gasteiger charge is -2.13. The molecular weight excluding hydrogens is 324 g/mol. The van der Waals surface area contributed by atoms with Gasteiger partial charge in [0, 0.05) is 37.1 Å². The minimum atomic E-state index is 0.0750. The van der Waals surface area contributed by atoms with Crippen LogP contribution in [0.2, 0.25) is 0 Å². The van der Waals surface area contributed by atoms with Gasteiger partial charge in [-0.2, -0.15) is 0 Å². The smallest absolute Gasteiger partial charge is 0.220 e. The lowest BCUT2D eigenvalue weighted by Crippen LogP contribution is -2.25. The topological polar surface area (TPSA) is 59.8 Å². The number of carbonyl (C=O) groups is 1. The highest BCUT2D eigenvalue weighted by atomic mass is 16.1. The molecule has 0 saturated heterocycles. The van der Waals surface area contributed by atoms with Crippen LogP contribution in [0.1, 0.15) is 30.9 Å². The maximum atomic E-state index is 12.3. The molecule has 26 heavy (non-hydrogen) atoms. The second-order valence-corrected chi connectivity index (χ2v) is 6.57. The number of aromatic nitrogens is 3. The fourth-order valence-corrected chi connectivity index (χ4v) is 2.93. The summed E-state index contributed by atoms with van der Waals surface area (Å²) >= 11 is 0. The maximum absolute atomic E-state index is 12.3. The molecule has 3 aromatic rings. The van der Waals surface area contributed by atoms with Crippen molar-refractivity contribution in [2.24, 2.45) is 5.92 Å². The van der Waals surface area contributed by atoms with Crippen LogP contribution in [0.4, 0.5) is 0 Å². The number of nitrogens with one attached hydrogen (secondary N) is 1. The third kappa shape index (κ3) is 5.02. The summed E-state index contributed by atoms with van der Waals surface area (Å²) in [5, 5.41) is 3.02. The minimum Gasteiger partial charge on any atom is -0.352 e. The molecule has 2 aromatic heterocycles. The number of aryl methyl sites for hydroxylation is 1. The van der Waals surface area contributed by atoms with Crippen molar-refractivity contribution in [2.45, 2.75) is 32.7 Å². The molecule has 1 N–H and O–H groups in total. The largest absolute Gasteiger partial charge is 0.352 e. The number of rotatable bonds is 8. The SMILES string of the molecule is C[C@@H](CCc1ccccc1)CC(=O)NCc1cccnc1-n1ccnc1. The average molecular weight is 348 g/mol. The summed E-state index contributed by atoms with van der Waals surface area (Å²) in [6.07, 6.45) is 9.55. The zero-order chi connectivity index (χ0) is 18.2. The van der Waals surface area contributed by atoms with Gasteiger partial charge < -0.3 is 5.32 Å². The average Bonchev–Trinajstić information content (AvgIpc) is 3.20. The van der Waals surface area contributed by atoms with Gasteiger partial charge in [0.2, 0.25) is 5.91 Å². The van der Waals surface area contributed by atoms with E-state index in [1.807, 2.05) is 29.0 Å². The highest BCUT2D eigenvalue weighted by Gasteiger charge is 2.11. The van der Waals surface area contributed by atoms with Crippen molar-refractivity contribution in [1.82, 2.24) is 19.9 Å². The molecule has 2 heterocycles. The molecule has 0 saturated carbocycles. The Labute approximate surface area is 154 Å². The van der Waals surface area contributed by atoms with Gasteiger partial charge in [-0.15, -0.1) is 0 Å². The normalized spacial score (nSPS) is 11.9. The van der Waals surface area contributed by atoms with Crippen LogP contribution in [0, 0.1) is 5.92 Å². The third-order valence-corrected chi connectivity index (χ3v) is 4.39. The summed E-state index contributed by atoms with van der Waals surface area (Å²) in [6, 6.07) is 14.2. The van der Waals surface area contributed by atoms with Gasteiger partial charge in [0.15, 0.2) is 0 Å². The Hall–Kier alpha value is -2.95. The minimum absolute atomic E-state index is 0.0750. The van der Waals surface area contributed by atoms with E-state index in [0.717, 1.165) is 24.2 Å². The molecule has 1 atom stereocenters. The van der Waals surface area contributed by atoms with Crippen molar-refractivity contribution < 1.29 is 4.79 Å². The first-order chi connectivity index (χ1) is 12.7. The van der Waals surface area contributed by atoms with Gasteiger partial charge in [-0.1, -0.05) is 43.3 Å². The van der Waals surface area contributed by atoms with Crippen molar-refractivity contribution >= 4 is 5.91 Å². The van der Waals surface area contributed by atoms with E-state index in [0.29, 0.717) is 18.9 Å². The molecule has 3 rings (SSSR count). The number of carbonyl (C=O) groups excluding carboxylic acids is 1. The Morgan fingerprint density at radius 1 is 1.15 bits per heavy atom. The molecule has 0 fully saturated rings. The third-order valence-electron chi connectivity index (χ3n) is 4.39. The fourth-order valence-electron chi connectivity index (χ4n) is 2.93. The zero-order valence-corrected chi connectivity index (χ0v) is 15.0. The van der Waals surface area contributed by atoms with E-state index in [9.17, 15) is 4.79 Å². The number of amides is 1. The van der Waals surface area contributed by atoms with Gasteiger partial charge >= 0.3 is 0 Å². The van der Waals surface area contributed by atoms with Crippen LogP contribution in [-0.2, 0) is 17.8 Å². The molecule has 5 heteroatoms. The second-order valence-electron chi connectivity index (χ2n) is 6.57. The highest BCUT2D eigenvalue weighted by Crippen LogP contribution is 2.14. The highest BCUT2D eigenvalue weighted by molar-refractivity contribution is 5.76. The van der Waals surface area contributed by atoms with Crippen LogP contribution in [0.25, 0.3) is 5.82 Å². The van der Waals surface area contributed by atoms with Crippen LogP contribution >= 0.6 is 0 Å². The molecule has 0 aliphatic rings. The van der Waals surface area contributed by atoms with Gasteiger partial charge in [0.05, 0.1) is 0 Å². The van der Waals surface area contributed by atoms with Gasteiger partial charge in [-0.05, 0) is 30.4 Å². The number of benzene rings is 1. The number of hydrogen-bond acceptors (Lipinski definition) is 3. The summed E-state index contributed by atoms with van der Waals surface area (Å²) in [7, 11) is 0. The van der Waals surface area contributed by atoms with E-state index in [4.69, 9.17) is 0 Å². The Kier molecular flexibility index (Phi) is 6.14. The second kappa shape index (κ2) is 8.94. The Morgan fingerprint density at radius 3 is 2.77 bits per heavy atom. The Bertz CT molecular complexity index is 815. The van der Waals surface area contributed by atoms with E-state index in [1.165, 1.54) is 5.56 Å². The molecular formula is C21H24N4O. The molecule has 1 amide bonds. The van der Waals surface area contributed by atoms with Crippen LogP contribution in [0.15, 0.2) is 67.4 Å². The molecule has 134 valence electrons. The van der Waals surface area contributed by atoms with Crippen molar-refractivity contribution in [3.05, 3.63) is 78.5 Å². The van der Waals surface area contributed by atoms with Crippen molar-refractivity contribution in [2.75, 3.05) is 0 Å². The van der Waals surface area contributed by atoms with Crippen LogP contribution in [0.5, 0.6) is 0 Å². The van der Waals surface area contributed by atoms with E-state index >= 15 is 0 Å². The van der Waals surface area contributed by atoms with Crippen molar-refractivity contribution in [3.8, 4) is 5.82 Å². The fraction of sp³-hybridized carbons (Fsp3) is 0.286. The summed E-state index contributed by atoms with van der Waals surface area (Å²) in [5.41, 5.74) is 2.29. The zero-order valence-electron chi connectivity index (χ0n) is 15.0. The first kappa shape index (κ1) is 17.9. The van der Waals surface area contributed by atoms with Crippen LogP contribution in [0.3, 0.4) is 0 Å². The lowest BCUT2D eigenvalue weighted by atomic mass is 9.98. The summed E-state index contributed by atoms with van der Waals surface area (Å²) in [4.78, 5) is 20.7. The molecule has 0 unspecified atom stereocenters. The van der Waals surface area contributed by atoms with Gasteiger partial charge in [0.25, 0.3) is 0 Å². The number of nitrogens with zero attached hydrogens (tertiary/aromatic N) is 3. The predicted octanol–water partition coefficient (Wildman–Crippen LogP) is 3.54. The Morgan fingerprint density at radius 2 is 2.00 bits per heavy atom. The molecule has 0 bridgehead atoms. The molecule has 0 aliphatic heterocycles. The molecule has 0 radical (unpaired) electrons. The first-order valence-electron chi connectivity index (χ1n) is 8.95. The van der Waals surface area contributed by atoms with E-state index in [2.05, 4.69) is 46.5 Å². The number of imidazole rings is 1. The molecule has 0 aliphatic carbocycles. The van der Waals surface area contributed by atoms with Crippen molar-refractivity contribution in [1.29, 1.82) is 0 Å². The van der Waals surface area contributed by atoms with Gasteiger partial charge in [-0.3, -0.25) is 9.36 Å². The van der Waals surface area contributed by atoms with Gasteiger partial charge in [0.1, 0.15) is 12.1 Å². The Balaban J connectivity index is 1.48. The lowest BCUT2D eigenvalue weighted by molar-refractivity contribution is -0.122. The van der Waals surface area contributed by atoms with E-state index in [1.54, 1.807) is 18.7 Å². The summed E-state index contributed by atoms with van der Waals surface area (Å²) in [6.45, 7) is 2.59. The number of pyridine rings is 1. The van der Waals surface area contributed by atoms with Crippen molar-refractivity contribution in [3.63, 3.8) is 0 Å². The number of hydrogen-bond donors (Lipinski definition) is 1. The molecule has 5 nitrogen and oxygen atoms in total. The van der Waals surface area contributed by atoms with Crippen LogP contribution in [-0.4, -0.2) is 20.4 Å². The monoisotopic (exact) mass is 348 g/mol. The van der Waals surface area contributed by atoms with E-state index < -0.39 is 0 Å². The standard InChI is InChI=1S/C21H24N4O/c1-17(9-10-18-6-3-2-4-7-18)14-20(26)24-15-19-8-5-11-23-21(19)25-13-12-22-16-25/h2-8,11-13,16-17H,9-10,14-15H2,1H3,(H,24,26)/t17-/m0/s1. The van der Waals surface area contributed by atoms with Crippen LogP contribution < -0.4 is 5.32 Å². The first-order valence-corrected chi connectivity index (χ1v) is 8.95. The predicted molar refractivity (Wildman–Crippen MR) is 102 cm³/mol. The molecule has 0 spiro atoms. The van der Waals surface area contributed by atoms with Gasteiger partial charge in [-0.25, -0.2) is 9.97 Å². The summed E-state index contributed by atoms with van der Waals surface area (Å²) < 4.78 is 1.85. The summed E-state index contributed by atoms with van der Waals surface area (Å²) in [5.74, 6) is 1.21. The van der Waals surface area contributed by atoms with E-state index in [-0.39, 0.29) is 5.91 Å². The molecule has 1 aromatic carbocycles. The maximum Gasteiger partial charge on any atom is 0.220 e.